The van der Waals surface area contributed by atoms with E-state index < -0.39 is 0 Å². The summed E-state index contributed by atoms with van der Waals surface area (Å²) in [6.45, 7) is 4.65. The molecule has 2 atom stereocenters. The van der Waals surface area contributed by atoms with Crippen LogP contribution < -0.4 is 5.32 Å². The molecule has 1 aromatic heterocycles. The number of hydrogen-bond acceptors (Lipinski definition) is 3. The van der Waals surface area contributed by atoms with Crippen molar-refractivity contribution in [2.75, 3.05) is 6.61 Å². The summed E-state index contributed by atoms with van der Waals surface area (Å²) in [4.78, 5) is 1.33. The van der Waals surface area contributed by atoms with E-state index in [1.807, 2.05) is 0 Å². The van der Waals surface area contributed by atoms with Crippen LogP contribution in [0.2, 0.25) is 0 Å². The first-order valence-corrected chi connectivity index (χ1v) is 6.56. The van der Waals surface area contributed by atoms with Crippen molar-refractivity contribution in [2.45, 2.75) is 45.2 Å². The lowest BCUT2D eigenvalue weighted by atomic mass is 10.1. The second-order valence-corrected chi connectivity index (χ2v) is 4.92. The highest BCUT2D eigenvalue weighted by molar-refractivity contribution is 7.10. The van der Waals surface area contributed by atoms with Crippen LogP contribution in [0.3, 0.4) is 0 Å². The molecule has 1 rings (SSSR count). The smallest absolute Gasteiger partial charge is 0.0449 e. The molecule has 0 aromatic carbocycles. The molecule has 0 aliphatic carbocycles. The Kier molecular flexibility index (Phi) is 5.91. The molecule has 0 aliphatic rings. The van der Waals surface area contributed by atoms with Gasteiger partial charge in [-0.25, -0.2) is 0 Å². The zero-order valence-electron chi connectivity index (χ0n) is 9.57. The van der Waals surface area contributed by atoms with E-state index in [-0.39, 0.29) is 6.61 Å². The fraction of sp³-hybridized carbons (Fsp3) is 0.667. The Morgan fingerprint density at radius 1 is 1.47 bits per heavy atom. The van der Waals surface area contributed by atoms with Gasteiger partial charge in [0.2, 0.25) is 0 Å². The van der Waals surface area contributed by atoms with E-state index in [0.29, 0.717) is 12.1 Å². The van der Waals surface area contributed by atoms with E-state index in [4.69, 9.17) is 5.11 Å². The summed E-state index contributed by atoms with van der Waals surface area (Å²) >= 11 is 1.76. The summed E-state index contributed by atoms with van der Waals surface area (Å²) in [7, 11) is 0. The summed E-state index contributed by atoms with van der Waals surface area (Å²) in [5.74, 6) is 0. The molecule has 1 heterocycles. The number of nitrogens with one attached hydrogen (secondary N) is 1. The van der Waals surface area contributed by atoms with Crippen LogP contribution in [0.15, 0.2) is 17.5 Å². The Hall–Kier alpha value is -0.380. The minimum atomic E-state index is 0.244. The van der Waals surface area contributed by atoms with Crippen molar-refractivity contribution in [2.24, 2.45) is 0 Å². The van der Waals surface area contributed by atoms with Crippen LogP contribution in [0.5, 0.6) is 0 Å². The quantitative estimate of drug-likeness (QED) is 0.750. The largest absolute Gasteiger partial charge is 0.396 e. The SMILES string of the molecule is CCCC(C)NC(CCO)c1cccs1. The molecule has 0 spiro atoms. The van der Waals surface area contributed by atoms with Crippen LogP contribution in [-0.4, -0.2) is 17.8 Å². The molecule has 0 aliphatic heterocycles. The molecule has 0 bridgehead atoms. The van der Waals surface area contributed by atoms with Crippen molar-refractivity contribution >= 4 is 11.3 Å². The maximum atomic E-state index is 9.04. The van der Waals surface area contributed by atoms with E-state index in [2.05, 4.69) is 36.7 Å². The van der Waals surface area contributed by atoms with Gasteiger partial charge in [0.15, 0.2) is 0 Å². The number of thiophene rings is 1. The van der Waals surface area contributed by atoms with Crippen molar-refractivity contribution in [1.82, 2.24) is 5.32 Å². The van der Waals surface area contributed by atoms with Crippen LogP contribution in [0, 0.1) is 0 Å². The first-order valence-electron chi connectivity index (χ1n) is 5.68. The lowest BCUT2D eigenvalue weighted by Crippen LogP contribution is -2.30. The van der Waals surface area contributed by atoms with Gasteiger partial charge >= 0.3 is 0 Å². The van der Waals surface area contributed by atoms with Gasteiger partial charge in [0.25, 0.3) is 0 Å². The zero-order valence-corrected chi connectivity index (χ0v) is 10.4. The van der Waals surface area contributed by atoms with E-state index in [9.17, 15) is 0 Å². The molecule has 2 N–H and O–H groups in total. The maximum absolute atomic E-state index is 9.04. The Bertz CT molecular complexity index is 248. The molecule has 0 fully saturated rings. The lowest BCUT2D eigenvalue weighted by molar-refractivity contribution is 0.260. The molecule has 2 unspecified atom stereocenters. The lowest BCUT2D eigenvalue weighted by Gasteiger charge is -2.21. The van der Waals surface area contributed by atoms with Gasteiger partial charge in [-0.1, -0.05) is 19.4 Å². The van der Waals surface area contributed by atoms with Gasteiger partial charge in [-0.3, -0.25) is 0 Å². The average molecular weight is 227 g/mol. The van der Waals surface area contributed by atoms with Crippen LogP contribution in [0.25, 0.3) is 0 Å². The zero-order chi connectivity index (χ0) is 11.1. The third-order valence-corrected chi connectivity index (χ3v) is 3.50. The van der Waals surface area contributed by atoms with Crippen molar-refractivity contribution in [3.63, 3.8) is 0 Å². The maximum Gasteiger partial charge on any atom is 0.0449 e. The normalized spacial score (nSPS) is 15.1. The molecular formula is C12H21NOS. The molecule has 2 nitrogen and oxygen atoms in total. The minimum absolute atomic E-state index is 0.244. The fourth-order valence-electron chi connectivity index (χ4n) is 1.79. The number of aliphatic hydroxyl groups excluding tert-OH is 1. The second-order valence-electron chi connectivity index (χ2n) is 3.94. The van der Waals surface area contributed by atoms with Crippen LogP contribution in [-0.2, 0) is 0 Å². The number of aliphatic hydroxyl groups is 1. The highest BCUT2D eigenvalue weighted by Gasteiger charge is 2.13. The standard InChI is InChI=1S/C12H21NOS/c1-3-5-10(2)13-11(7-8-14)12-6-4-9-15-12/h4,6,9-11,13-14H,3,5,7-8H2,1-2H3. The highest BCUT2D eigenvalue weighted by atomic mass is 32.1. The first kappa shape index (κ1) is 12.7. The summed E-state index contributed by atoms with van der Waals surface area (Å²) in [5.41, 5.74) is 0. The topological polar surface area (TPSA) is 32.3 Å². The van der Waals surface area contributed by atoms with E-state index in [0.717, 1.165) is 6.42 Å². The first-order chi connectivity index (χ1) is 7.27. The predicted molar refractivity (Wildman–Crippen MR) is 66.3 cm³/mol. The monoisotopic (exact) mass is 227 g/mol. The summed E-state index contributed by atoms with van der Waals surface area (Å²) in [6.07, 6.45) is 3.19. The molecule has 15 heavy (non-hydrogen) atoms. The fourth-order valence-corrected chi connectivity index (χ4v) is 2.61. The number of rotatable bonds is 7. The van der Waals surface area contributed by atoms with E-state index >= 15 is 0 Å². The van der Waals surface area contributed by atoms with Crippen LogP contribution in [0.1, 0.15) is 44.0 Å². The molecule has 0 saturated heterocycles. The van der Waals surface area contributed by atoms with Crippen molar-refractivity contribution < 1.29 is 5.11 Å². The van der Waals surface area contributed by atoms with Gasteiger partial charge in [0.1, 0.15) is 0 Å². The molecule has 1 aromatic rings. The Morgan fingerprint density at radius 3 is 2.80 bits per heavy atom. The van der Waals surface area contributed by atoms with E-state index in [1.54, 1.807) is 11.3 Å². The summed E-state index contributed by atoms with van der Waals surface area (Å²) in [6, 6.07) is 5.04. The molecule has 0 radical (unpaired) electrons. The Balaban J connectivity index is 2.51. The van der Waals surface area contributed by atoms with Gasteiger partial charge < -0.3 is 10.4 Å². The van der Waals surface area contributed by atoms with Crippen LogP contribution in [0.4, 0.5) is 0 Å². The molecule has 86 valence electrons. The van der Waals surface area contributed by atoms with E-state index in [1.165, 1.54) is 17.7 Å². The Morgan fingerprint density at radius 2 is 2.27 bits per heavy atom. The van der Waals surface area contributed by atoms with Gasteiger partial charge in [0, 0.05) is 23.6 Å². The third-order valence-electron chi connectivity index (χ3n) is 2.51. The average Bonchev–Trinajstić information content (AvgIpc) is 2.70. The van der Waals surface area contributed by atoms with Crippen molar-refractivity contribution in [3.8, 4) is 0 Å². The molecule has 0 saturated carbocycles. The molecule has 0 amide bonds. The number of hydrogen-bond donors (Lipinski definition) is 2. The minimum Gasteiger partial charge on any atom is -0.396 e. The Labute approximate surface area is 96.3 Å². The van der Waals surface area contributed by atoms with Crippen molar-refractivity contribution in [1.29, 1.82) is 0 Å². The molecular weight excluding hydrogens is 206 g/mol. The van der Waals surface area contributed by atoms with Gasteiger partial charge in [-0.15, -0.1) is 11.3 Å². The second kappa shape index (κ2) is 6.99. The predicted octanol–water partition coefficient (Wildman–Crippen LogP) is 2.95. The summed E-state index contributed by atoms with van der Waals surface area (Å²) in [5, 5.41) is 14.7. The van der Waals surface area contributed by atoms with Crippen LogP contribution >= 0.6 is 11.3 Å². The molecule has 3 heteroatoms. The van der Waals surface area contributed by atoms with Crippen molar-refractivity contribution in [3.05, 3.63) is 22.4 Å². The summed E-state index contributed by atoms with van der Waals surface area (Å²) < 4.78 is 0. The highest BCUT2D eigenvalue weighted by Crippen LogP contribution is 2.22. The van der Waals surface area contributed by atoms with Gasteiger partial charge in [0.05, 0.1) is 0 Å². The van der Waals surface area contributed by atoms with Gasteiger partial charge in [-0.05, 0) is 31.2 Å². The van der Waals surface area contributed by atoms with Gasteiger partial charge in [-0.2, -0.15) is 0 Å². The third kappa shape index (κ3) is 4.33.